The van der Waals surface area contributed by atoms with Crippen LogP contribution in [0.4, 0.5) is 5.82 Å². The average Bonchev–Trinajstić information content (AvgIpc) is 3.42. The van der Waals surface area contributed by atoms with E-state index in [1.54, 1.807) is 12.4 Å². The van der Waals surface area contributed by atoms with Gasteiger partial charge < -0.3 is 19.7 Å². The molecular formula is C35H44N6O3. The number of carbonyl (C=O) groups excluding carboxylic acids is 1. The smallest absolute Gasteiger partial charge is 0.246 e. The van der Waals surface area contributed by atoms with E-state index in [4.69, 9.17) is 14.6 Å². The maximum Gasteiger partial charge on any atom is 0.246 e. The first kappa shape index (κ1) is 31.2. The number of aromatic nitrogens is 4. The van der Waals surface area contributed by atoms with Crippen molar-refractivity contribution in [3.63, 3.8) is 0 Å². The number of piperidine rings is 1. The molecule has 1 saturated heterocycles. The van der Waals surface area contributed by atoms with Crippen LogP contribution >= 0.6 is 0 Å². The van der Waals surface area contributed by atoms with Gasteiger partial charge in [0.05, 0.1) is 17.0 Å². The van der Waals surface area contributed by atoms with Crippen molar-refractivity contribution in [2.45, 2.75) is 65.0 Å². The van der Waals surface area contributed by atoms with Gasteiger partial charge in [-0.2, -0.15) is 5.10 Å². The fourth-order valence-corrected chi connectivity index (χ4v) is 5.46. The lowest BCUT2D eigenvalue weighted by Gasteiger charge is -2.32. The van der Waals surface area contributed by atoms with Crippen molar-refractivity contribution in [2.24, 2.45) is 5.92 Å². The van der Waals surface area contributed by atoms with Crippen LogP contribution in [0.25, 0.3) is 22.3 Å². The monoisotopic (exact) mass is 596 g/mol. The Labute approximate surface area is 260 Å². The molecule has 1 aliphatic heterocycles. The Morgan fingerprint density at radius 2 is 1.84 bits per heavy atom. The molecule has 0 radical (unpaired) electrons. The highest BCUT2D eigenvalue weighted by Gasteiger charge is 2.28. The Balaban J connectivity index is 1.33. The fourth-order valence-electron chi connectivity index (χ4n) is 5.46. The molecule has 9 heteroatoms. The van der Waals surface area contributed by atoms with Crippen LogP contribution in [0.2, 0.25) is 0 Å². The molecule has 44 heavy (non-hydrogen) atoms. The number of ether oxygens (including phenoxy) is 2. The Morgan fingerprint density at radius 3 is 2.57 bits per heavy atom. The molecule has 0 spiro atoms. The topological polar surface area (TPSA) is 94.4 Å². The van der Waals surface area contributed by atoms with Gasteiger partial charge in [-0.3, -0.25) is 4.79 Å². The molecule has 3 heterocycles. The van der Waals surface area contributed by atoms with Gasteiger partial charge >= 0.3 is 0 Å². The van der Waals surface area contributed by atoms with E-state index in [1.165, 1.54) is 0 Å². The molecule has 1 N–H and O–H groups in total. The minimum Gasteiger partial charge on any atom is -0.457 e. The van der Waals surface area contributed by atoms with Crippen molar-refractivity contribution < 1.29 is 14.3 Å². The Bertz CT molecular complexity index is 1560. The first-order valence-corrected chi connectivity index (χ1v) is 15.6. The van der Waals surface area contributed by atoms with E-state index in [2.05, 4.69) is 43.0 Å². The van der Waals surface area contributed by atoms with Crippen LogP contribution in [0.15, 0.2) is 73.1 Å². The van der Waals surface area contributed by atoms with Crippen molar-refractivity contribution in [1.82, 2.24) is 24.6 Å². The lowest BCUT2D eigenvalue weighted by Crippen LogP contribution is -2.40. The number of anilines is 1. The third-order valence-corrected chi connectivity index (χ3v) is 7.94. The highest BCUT2D eigenvalue weighted by Crippen LogP contribution is 2.35. The quantitative estimate of drug-likeness (QED) is 0.172. The molecule has 2 aromatic carbocycles. The number of amides is 1. The second-order valence-corrected chi connectivity index (χ2v) is 12.4. The lowest BCUT2D eigenvalue weighted by atomic mass is 10.0. The molecule has 9 nitrogen and oxygen atoms in total. The molecule has 1 atom stereocenters. The molecule has 0 saturated carbocycles. The summed E-state index contributed by atoms with van der Waals surface area (Å²) >= 11 is 0. The maximum absolute atomic E-state index is 13.2. The molecule has 0 unspecified atom stereocenters. The summed E-state index contributed by atoms with van der Waals surface area (Å²) in [6, 6.07) is 17.6. The van der Waals surface area contributed by atoms with Gasteiger partial charge in [-0.1, -0.05) is 38.1 Å². The summed E-state index contributed by atoms with van der Waals surface area (Å²) < 4.78 is 14.0. The first-order chi connectivity index (χ1) is 21.2. The predicted octanol–water partition coefficient (Wildman–Crippen LogP) is 7.28. The predicted molar refractivity (Wildman–Crippen MR) is 175 cm³/mol. The number of nitrogens with one attached hydrogen (secondary N) is 1. The second-order valence-electron chi connectivity index (χ2n) is 12.4. The van der Waals surface area contributed by atoms with E-state index in [-0.39, 0.29) is 17.6 Å². The van der Waals surface area contributed by atoms with Crippen molar-refractivity contribution in [3.8, 4) is 22.8 Å². The summed E-state index contributed by atoms with van der Waals surface area (Å²) in [7, 11) is 1.85. The van der Waals surface area contributed by atoms with Crippen LogP contribution in [0.3, 0.4) is 0 Å². The van der Waals surface area contributed by atoms with Crippen molar-refractivity contribution in [1.29, 1.82) is 0 Å². The van der Waals surface area contributed by atoms with Crippen LogP contribution in [0, 0.1) is 5.92 Å². The van der Waals surface area contributed by atoms with Gasteiger partial charge in [0.15, 0.2) is 5.65 Å². The summed E-state index contributed by atoms with van der Waals surface area (Å²) in [6.45, 7) is 10.6. The highest BCUT2D eigenvalue weighted by molar-refractivity contribution is 5.99. The fraction of sp³-hybridized carbons (Fsp3) is 0.429. The zero-order valence-corrected chi connectivity index (χ0v) is 26.5. The molecule has 232 valence electrons. The Kier molecular flexibility index (Phi) is 9.95. The summed E-state index contributed by atoms with van der Waals surface area (Å²) in [5, 5.41) is 9.16. The molecule has 1 aliphatic rings. The zero-order valence-electron chi connectivity index (χ0n) is 26.5. The van der Waals surface area contributed by atoms with Crippen LogP contribution < -0.4 is 10.1 Å². The summed E-state index contributed by atoms with van der Waals surface area (Å²) in [6.07, 6.45) is 8.71. The van der Waals surface area contributed by atoms with E-state index >= 15 is 0 Å². The minimum absolute atomic E-state index is 0.00606. The Hall–Kier alpha value is -4.24. The number of hydrogen-bond acceptors (Lipinski definition) is 7. The third kappa shape index (κ3) is 7.63. The van der Waals surface area contributed by atoms with Gasteiger partial charge in [-0.15, -0.1) is 0 Å². The molecule has 2 aromatic heterocycles. The molecule has 4 aromatic rings. The number of carbonyl (C=O) groups is 1. The van der Waals surface area contributed by atoms with Gasteiger partial charge in [0.2, 0.25) is 5.91 Å². The van der Waals surface area contributed by atoms with E-state index in [1.807, 2.05) is 77.3 Å². The number of fused-ring (bicyclic) bond motifs is 1. The summed E-state index contributed by atoms with van der Waals surface area (Å²) in [5.74, 6) is 2.86. The number of hydrogen-bond donors (Lipinski definition) is 1. The van der Waals surface area contributed by atoms with E-state index in [0.717, 1.165) is 66.2 Å². The van der Waals surface area contributed by atoms with Crippen LogP contribution in [0.1, 0.15) is 59.4 Å². The van der Waals surface area contributed by atoms with E-state index in [0.29, 0.717) is 24.7 Å². The zero-order chi connectivity index (χ0) is 31.1. The number of para-hydroxylation sites is 1. The SMILES string of the molecule is CNc1ncnc2c1c(-c1ccc(Oc3ccccc3)cc1)nn2[C@@H]1CCCN(C(=O)/C=C/CC(C)(C)OCCC(C)C)C1. The van der Waals surface area contributed by atoms with Crippen LogP contribution in [0.5, 0.6) is 11.5 Å². The number of likely N-dealkylation sites (tertiary alicyclic amines) is 1. The molecule has 0 bridgehead atoms. The Morgan fingerprint density at radius 1 is 1.09 bits per heavy atom. The maximum atomic E-state index is 13.2. The first-order valence-electron chi connectivity index (χ1n) is 15.6. The second kappa shape index (κ2) is 14.0. The number of nitrogens with zero attached hydrogens (tertiary/aromatic N) is 5. The van der Waals surface area contributed by atoms with Gasteiger partial charge in [-0.05, 0) is 87.9 Å². The normalized spacial score (nSPS) is 15.8. The largest absolute Gasteiger partial charge is 0.457 e. The van der Waals surface area contributed by atoms with Crippen molar-refractivity contribution >= 4 is 22.8 Å². The molecular weight excluding hydrogens is 552 g/mol. The van der Waals surface area contributed by atoms with Gasteiger partial charge in [0, 0.05) is 32.3 Å². The van der Waals surface area contributed by atoms with Gasteiger partial charge in [-0.25, -0.2) is 14.6 Å². The van der Waals surface area contributed by atoms with E-state index in [9.17, 15) is 4.79 Å². The van der Waals surface area contributed by atoms with Crippen molar-refractivity contribution in [3.05, 3.63) is 73.1 Å². The summed E-state index contributed by atoms with van der Waals surface area (Å²) in [4.78, 5) is 24.3. The third-order valence-electron chi connectivity index (χ3n) is 7.94. The van der Waals surface area contributed by atoms with E-state index < -0.39 is 0 Å². The van der Waals surface area contributed by atoms with Crippen LogP contribution in [-0.4, -0.2) is 62.9 Å². The molecule has 1 fully saturated rings. The molecule has 1 amide bonds. The minimum atomic E-state index is -0.308. The highest BCUT2D eigenvalue weighted by atomic mass is 16.5. The number of rotatable bonds is 12. The summed E-state index contributed by atoms with van der Waals surface area (Å²) in [5.41, 5.74) is 2.17. The number of benzene rings is 2. The van der Waals surface area contributed by atoms with Crippen molar-refractivity contribution in [2.75, 3.05) is 32.1 Å². The van der Waals surface area contributed by atoms with Gasteiger partial charge in [0.1, 0.15) is 29.3 Å². The molecule has 0 aliphatic carbocycles. The van der Waals surface area contributed by atoms with Crippen LogP contribution in [-0.2, 0) is 9.53 Å². The average molecular weight is 597 g/mol. The standard InChI is InChI=1S/C35H44N6O3/c1-25(2)19-22-43-35(3,4)20-9-14-30(42)40-21-10-11-27(23-40)41-34-31(33(36-5)37-24-38-34)32(39-41)26-15-17-29(18-16-26)44-28-12-7-6-8-13-28/h6-9,12-18,24-25,27H,10-11,19-23H2,1-5H3,(H,36,37,38)/b14-9+/t27-/m1/s1. The van der Waals surface area contributed by atoms with Gasteiger partial charge in [0.25, 0.3) is 0 Å². The lowest BCUT2D eigenvalue weighted by molar-refractivity contribution is -0.127. The molecule has 5 rings (SSSR count).